The highest BCUT2D eigenvalue weighted by molar-refractivity contribution is 5.86. The van der Waals surface area contributed by atoms with E-state index in [4.69, 9.17) is 5.11 Å². The Morgan fingerprint density at radius 2 is 2.17 bits per heavy atom. The number of rotatable bonds is 3. The van der Waals surface area contributed by atoms with E-state index in [1.165, 1.54) is 19.3 Å². The third-order valence-corrected chi connectivity index (χ3v) is 4.23. The highest BCUT2D eigenvalue weighted by atomic mass is 16.4. The van der Waals surface area contributed by atoms with E-state index in [2.05, 4.69) is 17.1 Å². The molecule has 0 radical (unpaired) electrons. The molecule has 102 valence electrons. The number of piperazine rings is 1. The van der Waals surface area contributed by atoms with Crippen molar-refractivity contribution in [2.24, 2.45) is 5.92 Å². The summed E-state index contributed by atoms with van der Waals surface area (Å²) in [5.74, 6) is -0.465. The van der Waals surface area contributed by atoms with Gasteiger partial charge in [-0.2, -0.15) is 0 Å². The molecule has 2 fully saturated rings. The van der Waals surface area contributed by atoms with Crippen LogP contribution in [0.1, 0.15) is 39.0 Å². The Balaban J connectivity index is 2.11. The maximum Gasteiger partial charge on any atom is 0.305 e. The van der Waals surface area contributed by atoms with Crippen molar-refractivity contribution in [1.29, 1.82) is 0 Å². The molecule has 1 aliphatic carbocycles. The van der Waals surface area contributed by atoms with Crippen molar-refractivity contribution in [1.82, 2.24) is 10.2 Å². The molecule has 2 rings (SSSR count). The summed E-state index contributed by atoms with van der Waals surface area (Å²) in [5, 5.41) is 11.7. The average Bonchev–Trinajstić information content (AvgIpc) is 2.32. The van der Waals surface area contributed by atoms with Crippen LogP contribution in [0.25, 0.3) is 0 Å². The molecule has 1 amide bonds. The molecule has 2 aliphatic rings. The third-order valence-electron chi connectivity index (χ3n) is 4.23. The van der Waals surface area contributed by atoms with Gasteiger partial charge in [-0.15, -0.1) is 0 Å². The largest absolute Gasteiger partial charge is 0.481 e. The molecule has 1 aliphatic heterocycles. The summed E-state index contributed by atoms with van der Waals surface area (Å²) in [6.07, 6.45) is 4.62. The van der Waals surface area contributed by atoms with Crippen molar-refractivity contribution < 1.29 is 14.7 Å². The van der Waals surface area contributed by atoms with Crippen LogP contribution in [0.2, 0.25) is 0 Å². The zero-order valence-corrected chi connectivity index (χ0v) is 10.9. The van der Waals surface area contributed by atoms with Gasteiger partial charge >= 0.3 is 5.97 Å². The Morgan fingerprint density at radius 1 is 1.44 bits per heavy atom. The lowest BCUT2D eigenvalue weighted by molar-refractivity contribution is -0.144. The van der Waals surface area contributed by atoms with Crippen molar-refractivity contribution in [2.45, 2.75) is 51.1 Å². The summed E-state index contributed by atoms with van der Waals surface area (Å²) < 4.78 is 0. The van der Waals surface area contributed by atoms with Crippen LogP contribution in [0.15, 0.2) is 0 Å². The van der Waals surface area contributed by atoms with E-state index >= 15 is 0 Å². The maximum absolute atomic E-state index is 11.9. The summed E-state index contributed by atoms with van der Waals surface area (Å²) in [6.45, 7) is 3.63. The van der Waals surface area contributed by atoms with Crippen molar-refractivity contribution in [2.75, 3.05) is 13.1 Å². The molecule has 1 saturated carbocycles. The van der Waals surface area contributed by atoms with Gasteiger partial charge in [-0.05, 0) is 18.8 Å². The highest BCUT2D eigenvalue weighted by Gasteiger charge is 2.38. The van der Waals surface area contributed by atoms with E-state index in [1.54, 1.807) is 0 Å². The van der Waals surface area contributed by atoms with E-state index in [1.807, 2.05) is 0 Å². The zero-order valence-electron chi connectivity index (χ0n) is 10.9. The first-order valence-corrected chi connectivity index (χ1v) is 6.85. The molecule has 1 heterocycles. The quantitative estimate of drug-likeness (QED) is 0.783. The lowest BCUT2D eigenvalue weighted by atomic mass is 9.83. The number of hydrogen-bond acceptors (Lipinski definition) is 3. The Kier molecular flexibility index (Phi) is 4.22. The fraction of sp³-hybridized carbons (Fsp3) is 0.846. The Labute approximate surface area is 108 Å². The van der Waals surface area contributed by atoms with E-state index in [-0.39, 0.29) is 12.3 Å². The van der Waals surface area contributed by atoms with E-state index < -0.39 is 12.0 Å². The maximum atomic E-state index is 11.9. The summed E-state index contributed by atoms with van der Waals surface area (Å²) in [6, 6.07) is -0.115. The molecular weight excluding hydrogens is 232 g/mol. The number of carboxylic acid groups (broad SMARTS) is 1. The number of carbonyl (C=O) groups excluding carboxylic acids is 1. The Bertz CT molecular complexity index is 332. The van der Waals surface area contributed by atoms with Gasteiger partial charge in [0, 0.05) is 19.1 Å². The normalized spacial score (nSPS) is 34.1. The first-order chi connectivity index (χ1) is 8.59. The van der Waals surface area contributed by atoms with Gasteiger partial charge in [0.1, 0.15) is 0 Å². The standard InChI is InChI=1S/C13H22N2O3/c1-9-4-2-3-5-10(9)15-7-6-14-13(18)11(15)8-12(16)17/h9-11H,2-8H2,1H3,(H,14,18)(H,16,17). The minimum Gasteiger partial charge on any atom is -0.481 e. The molecule has 3 unspecified atom stereocenters. The molecule has 0 aromatic rings. The number of nitrogens with zero attached hydrogens (tertiary/aromatic N) is 1. The second-order valence-electron chi connectivity index (χ2n) is 5.47. The average molecular weight is 254 g/mol. The SMILES string of the molecule is CC1CCCCC1N1CCNC(=O)C1CC(=O)O. The number of carbonyl (C=O) groups is 2. The molecule has 5 heteroatoms. The van der Waals surface area contributed by atoms with Crippen LogP contribution in [0, 0.1) is 5.92 Å². The predicted molar refractivity (Wildman–Crippen MR) is 67.2 cm³/mol. The number of carboxylic acids is 1. The lowest BCUT2D eigenvalue weighted by Gasteiger charge is -2.44. The van der Waals surface area contributed by atoms with E-state index in [9.17, 15) is 9.59 Å². The van der Waals surface area contributed by atoms with Gasteiger partial charge < -0.3 is 10.4 Å². The van der Waals surface area contributed by atoms with Gasteiger partial charge in [0.25, 0.3) is 0 Å². The fourth-order valence-electron chi connectivity index (χ4n) is 3.29. The Morgan fingerprint density at radius 3 is 2.83 bits per heavy atom. The molecular formula is C13H22N2O3. The third kappa shape index (κ3) is 2.83. The first-order valence-electron chi connectivity index (χ1n) is 6.85. The molecule has 1 saturated heterocycles. The van der Waals surface area contributed by atoms with E-state index in [0.29, 0.717) is 18.5 Å². The number of aliphatic carboxylic acids is 1. The van der Waals surface area contributed by atoms with Crippen LogP contribution >= 0.6 is 0 Å². The molecule has 2 N–H and O–H groups in total. The van der Waals surface area contributed by atoms with Crippen LogP contribution in [-0.4, -0.2) is 47.1 Å². The molecule has 18 heavy (non-hydrogen) atoms. The van der Waals surface area contributed by atoms with Crippen molar-refractivity contribution in [3.8, 4) is 0 Å². The topological polar surface area (TPSA) is 69.6 Å². The Hall–Kier alpha value is -1.10. The molecule has 5 nitrogen and oxygen atoms in total. The van der Waals surface area contributed by atoms with Crippen LogP contribution in [-0.2, 0) is 9.59 Å². The number of hydrogen-bond donors (Lipinski definition) is 2. The second kappa shape index (κ2) is 5.69. The first kappa shape index (κ1) is 13.3. The minimum atomic E-state index is -0.898. The summed E-state index contributed by atoms with van der Waals surface area (Å²) >= 11 is 0. The van der Waals surface area contributed by atoms with Gasteiger partial charge in [0.2, 0.25) is 5.91 Å². The smallest absolute Gasteiger partial charge is 0.305 e. The molecule has 0 aromatic heterocycles. The second-order valence-corrected chi connectivity index (χ2v) is 5.47. The summed E-state index contributed by atoms with van der Waals surface area (Å²) in [5.41, 5.74) is 0. The van der Waals surface area contributed by atoms with Gasteiger partial charge in [0.15, 0.2) is 0 Å². The van der Waals surface area contributed by atoms with E-state index in [0.717, 1.165) is 13.0 Å². The van der Waals surface area contributed by atoms with Crippen LogP contribution in [0.5, 0.6) is 0 Å². The van der Waals surface area contributed by atoms with Crippen molar-refractivity contribution in [3.63, 3.8) is 0 Å². The van der Waals surface area contributed by atoms with Gasteiger partial charge in [-0.3, -0.25) is 14.5 Å². The number of amides is 1. The zero-order chi connectivity index (χ0) is 13.1. The minimum absolute atomic E-state index is 0.0882. The van der Waals surface area contributed by atoms with Crippen LogP contribution in [0.3, 0.4) is 0 Å². The molecule has 3 atom stereocenters. The monoisotopic (exact) mass is 254 g/mol. The fourth-order valence-corrected chi connectivity index (χ4v) is 3.29. The van der Waals surface area contributed by atoms with Crippen molar-refractivity contribution in [3.05, 3.63) is 0 Å². The van der Waals surface area contributed by atoms with Gasteiger partial charge in [-0.1, -0.05) is 19.8 Å². The molecule has 0 aromatic carbocycles. The van der Waals surface area contributed by atoms with Gasteiger partial charge in [0.05, 0.1) is 12.5 Å². The summed E-state index contributed by atoms with van der Waals surface area (Å²) in [4.78, 5) is 24.9. The highest BCUT2D eigenvalue weighted by Crippen LogP contribution is 2.30. The number of nitrogens with one attached hydrogen (secondary N) is 1. The lowest BCUT2D eigenvalue weighted by Crippen LogP contribution is -2.60. The van der Waals surface area contributed by atoms with Gasteiger partial charge in [-0.25, -0.2) is 0 Å². The summed E-state index contributed by atoms with van der Waals surface area (Å²) in [7, 11) is 0. The van der Waals surface area contributed by atoms with Crippen molar-refractivity contribution >= 4 is 11.9 Å². The molecule has 0 bridgehead atoms. The molecule has 0 spiro atoms. The van der Waals surface area contributed by atoms with Crippen LogP contribution < -0.4 is 5.32 Å². The van der Waals surface area contributed by atoms with Crippen LogP contribution in [0.4, 0.5) is 0 Å². The predicted octanol–water partition coefficient (Wildman–Crippen LogP) is 0.840.